The number of rotatable bonds is 5. The molecule has 1 aliphatic carbocycles. The number of ether oxygens (including phenoxy) is 2. The maximum Gasteiger partial charge on any atom is 0.256 e. The third-order valence-corrected chi connectivity index (χ3v) is 15.1. The Hall–Kier alpha value is -1.52. The van der Waals surface area contributed by atoms with Crippen molar-refractivity contribution in [3.8, 4) is 0 Å². The molecule has 3 fully saturated rings. The van der Waals surface area contributed by atoms with Crippen molar-refractivity contribution in [2.75, 3.05) is 25.1 Å². The van der Waals surface area contributed by atoms with Gasteiger partial charge in [-0.15, -0.1) is 0 Å². The predicted molar refractivity (Wildman–Crippen MR) is 159 cm³/mol. The normalized spacial score (nSPS) is 35.4. The monoisotopic (exact) mass is 628 g/mol. The Morgan fingerprint density at radius 1 is 1.19 bits per heavy atom. The zero-order valence-corrected chi connectivity index (χ0v) is 25.6. The second-order valence-electron chi connectivity index (χ2n) is 11.7. The minimum Gasteiger partial charge on any atom is -0.351 e. The molecule has 2 aromatic carbocycles. The van der Waals surface area contributed by atoms with Gasteiger partial charge in [0, 0.05) is 39.9 Å². The van der Waals surface area contributed by atoms with Gasteiger partial charge in [-0.1, -0.05) is 72.9 Å². The van der Waals surface area contributed by atoms with Crippen molar-refractivity contribution in [2.45, 2.75) is 74.7 Å². The van der Waals surface area contributed by atoms with E-state index in [-0.39, 0.29) is 22.9 Å². The first-order valence-electron chi connectivity index (χ1n) is 13.5. The molecule has 1 amide bonds. The average Bonchev–Trinajstić information content (AvgIpc) is 3.43. The molecule has 0 aromatic heterocycles. The van der Waals surface area contributed by atoms with Crippen molar-refractivity contribution in [3.63, 3.8) is 0 Å². The number of halogens is 1. The Kier molecular flexibility index (Phi) is 6.27. The van der Waals surface area contributed by atoms with Crippen LogP contribution >= 0.6 is 22.6 Å². The number of benzene rings is 2. The molecule has 5 nitrogen and oxygen atoms in total. The van der Waals surface area contributed by atoms with Gasteiger partial charge in [0.25, 0.3) is 5.91 Å². The highest BCUT2D eigenvalue weighted by Crippen LogP contribution is 2.66. The summed E-state index contributed by atoms with van der Waals surface area (Å²) in [7, 11) is -0.324. The summed E-state index contributed by atoms with van der Waals surface area (Å²) in [5.74, 6) is -0.805. The van der Waals surface area contributed by atoms with E-state index in [2.05, 4.69) is 113 Å². The number of amides is 1. The van der Waals surface area contributed by atoms with Crippen LogP contribution in [0, 0.1) is 0 Å². The number of methoxy groups -OCH3 is 1. The Morgan fingerprint density at radius 3 is 2.59 bits per heavy atom. The van der Waals surface area contributed by atoms with Crippen molar-refractivity contribution < 1.29 is 14.3 Å². The van der Waals surface area contributed by atoms with Gasteiger partial charge < -0.3 is 14.4 Å². The van der Waals surface area contributed by atoms with Gasteiger partial charge in [-0.05, 0) is 67.5 Å². The first kappa shape index (κ1) is 25.7. The number of hydrogen-bond acceptors (Lipinski definition) is 4. The summed E-state index contributed by atoms with van der Waals surface area (Å²) in [6.45, 7) is 10.9. The van der Waals surface area contributed by atoms with E-state index in [0.29, 0.717) is 6.04 Å². The molecule has 1 saturated carbocycles. The number of nitrogens with zero attached hydrogens (tertiary/aromatic N) is 2. The smallest absolute Gasteiger partial charge is 0.256 e. The lowest BCUT2D eigenvalue weighted by Gasteiger charge is -2.63. The van der Waals surface area contributed by atoms with E-state index < -0.39 is 20.0 Å². The van der Waals surface area contributed by atoms with E-state index in [4.69, 9.17) is 9.47 Å². The summed E-state index contributed by atoms with van der Waals surface area (Å²) in [5, 5.41) is 1.41. The summed E-state index contributed by atoms with van der Waals surface area (Å²) in [6.07, 6.45) is 3.66. The Balaban J connectivity index is 1.60. The summed E-state index contributed by atoms with van der Waals surface area (Å²) in [4.78, 5) is 18.7. The fourth-order valence-electron chi connectivity index (χ4n) is 8.24. The molecule has 3 heterocycles. The number of hydrogen-bond donors (Lipinski definition) is 0. The van der Waals surface area contributed by atoms with E-state index in [1.54, 1.807) is 0 Å². The van der Waals surface area contributed by atoms with Gasteiger partial charge in [-0.25, -0.2) is 0 Å². The number of para-hydroxylation sites is 1. The first-order chi connectivity index (χ1) is 17.7. The van der Waals surface area contributed by atoms with Crippen LogP contribution in [0.25, 0.3) is 0 Å². The number of carbonyl (C=O) groups is 1. The van der Waals surface area contributed by atoms with Gasteiger partial charge in [0.2, 0.25) is 0 Å². The number of allylic oxidation sites excluding steroid dienone is 1. The number of carbonyl (C=O) groups excluding carboxylic acids is 1. The van der Waals surface area contributed by atoms with Gasteiger partial charge in [0.1, 0.15) is 12.1 Å². The summed E-state index contributed by atoms with van der Waals surface area (Å²) >= 11 is 2.48. The minimum absolute atomic E-state index is 0.0575. The topological polar surface area (TPSA) is 42.0 Å². The highest BCUT2D eigenvalue weighted by Gasteiger charge is 2.76. The van der Waals surface area contributed by atoms with Gasteiger partial charge in [0.05, 0.1) is 8.07 Å². The van der Waals surface area contributed by atoms with Gasteiger partial charge >= 0.3 is 0 Å². The molecule has 0 radical (unpaired) electrons. The van der Waals surface area contributed by atoms with Crippen molar-refractivity contribution in [1.82, 2.24) is 4.90 Å². The van der Waals surface area contributed by atoms with Crippen molar-refractivity contribution in [2.24, 2.45) is 0 Å². The number of fused-ring (bicyclic) bond motifs is 2. The van der Waals surface area contributed by atoms with Crippen LogP contribution in [0.2, 0.25) is 18.6 Å². The molecule has 1 spiro atoms. The predicted octanol–water partition coefficient (Wildman–Crippen LogP) is 5.20. The Bertz CT molecular complexity index is 1250. The molecule has 2 saturated heterocycles. The molecule has 3 aliphatic heterocycles. The third kappa shape index (κ3) is 3.40. The van der Waals surface area contributed by atoms with Crippen LogP contribution in [-0.2, 0) is 19.7 Å². The maximum atomic E-state index is 13.9. The summed E-state index contributed by atoms with van der Waals surface area (Å²) in [6, 6.07) is 19.7. The zero-order chi connectivity index (χ0) is 26.2. The molecule has 7 heteroatoms. The van der Waals surface area contributed by atoms with Crippen LogP contribution < -0.4 is 10.1 Å². The lowest BCUT2D eigenvalue weighted by Crippen LogP contribution is -2.78. The maximum absolute atomic E-state index is 13.9. The SMILES string of the molecule is C/C=C(\I)CN1CCC23c4ccccc4N4C(=O)[C@@H](C)O[C@](OC)(C42)[C@H]([Si](C)(C)c2ccccc2)CC13. The van der Waals surface area contributed by atoms with Crippen LogP contribution in [0.5, 0.6) is 0 Å². The van der Waals surface area contributed by atoms with E-state index >= 15 is 0 Å². The van der Waals surface area contributed by atoms with E-state index in [9.17, 15) is 4.79 Å². The van der Waals surface area contributed by atoms with Gasteiger partial charge in [0.15, 0.2) is 5.79 Å². The third-order valence-electron chi connectivity index (χ3n) is 9.91. The van der Waals surface area contributed by atoms with E-state index in [1.807, 2.05) is 14.0 Å². The van der Waals surface area contributed by atoms with Crippen molar-refractivity contribution >= 4 is 47.4 Å². The largest absolute Gasteiger partial charge is 0.351 e. The van der Waals surface area contributed by atoms with Crippen LogP contribution in [0.3, 0.4) is 0 Å². The second kappa shape index (κ2) is 9.01. The highest BCUT2D eigenvalue weighted by atomic mass is 127. The summed E-state index contributed by atoms with van der Waals surface area (Å²) < 4.78 is 14.9. The quantitative estimate of drug-likeness (QED) is 0.337. The fraction of sp³-hybridized carbons (Fsp3) is 0.500. The van der Waals surface area contributed by atoms with Crippen LogP contribution in [0.1, 0.15) is 32.3 Å². The van der Waals surface area contributed by atoms with Crippen molar-refractivity contribution in [3.05, 3.63) is 69.8 Å². The van der Waals surface area contributed by atoms with Crippen LogP contribution in [0.15, 0.2) is 64.3 Å². The van der Waals surface area contributed by atoms with Gasteiger partial charge in [-0.2, -0.15) is 0 Å². The molecule has 37 heavy (non-hydrogen) atoms. The Morgan fingerprint density at radius 2 is 1.89 bits per heavy atom. The molecule has 4 aliphatic rings. The lowest BCUT2D eigenvalue weighted by atomic mass is 9.61. The molecule has 6 atom stereocenters. The van der Waals surface area contributed by atoms with Gasteiger partial charge in [-0.3, -0.25) is 9.69 Å². The number of anilines is 1. The minimum atomic E-state index is -2.14. The van der Waals surface area contributed by atoms with E-state index in [0.717, 1.165) is 31.6 Å². The molecular weight excluding hydrogens is 591 g/mol. The number of likely N-dealkylation sites (tertiary alicyclic amines) is 1. The molecule has 0 bridgehead atoms. The molecule has 6 rings (SSSR count). The molecule has 0 N–H and O–H groups in total. The fourth-order valence-corrected chi connectivity index (χ4v) is 12.3. The first-order valence-corrected chi connectivity index (χ1v) is 17.6. The average molecular weight is 629 g/mol. The Labute approximate surface area is 235 Å². The van der Waals surface area contributed by atoms with Crippen molar-refractivity contribution in [1.29, 1.82) is 0 Å². The summed E-state index contributed by atoms with van der Waals surface area (Å²) in [5.41, 5.74) is 2.31. The van der Waals surface area contributed by atoms with Crippen LogP contribution in [0.4, 0.5) is 5.69 Å². The molecule has 196 valence electrons. The second-order valence-corrected chi connectivity index (χ2v) is 17.8. The molecular formula is C30H37IN2O3Si. The number of morpholine rings is 1. The van der Waals surface area contributed by atoms with E-state index in [1.165, 1.54) is 14.3 Å². The van der Waals surface area contributed by atoms with Crippen LogP contribution in [-0.4, -0.2) is 63.1 Å². The highest BCUT2D eigenvalue weighted by molar-refractivity contribution is 14.1. The standard InChI is InChI=1S/C30H37IN2O3Si/c1-6-21(31)19-32-17-16-29-23-14-10-11-15-24(23)33-27(34)20(2)36-30(35-3,28(29)33)26(18-25(29)32)37(4,5)22-12-8-7-9-13-22/h6-15,20,25-26,28H,16-19H2,1-5H3/b21-6-/t20-,25?,26-,28?,29?,30+/m1/s1. The molecule has 2 aromatic rings. The molecule has 3 unspecified atom stereocenters. The lowest BCUT2D eigenvalue weighted by molar-refractivity contribution is -0.285. The zero-order valence-electron chi connectivity index (χ0n) is 22.4.